The fourth-order valence-electron chi connectivity index (χ4n) is 3.89. The minimum Gasteiger partial charge on any atom is -0.478 e. The highest BCUT2D eigenvalue weighted by Crippen LogP contribution is 2.44. The Morgan fingerprint density at radius 2 is 1.73 bits per heavy atom. The summed E-state index contributed by atoms with van der Waals surface area (Å²) in [6.45, 7) is 5.45. The van der Waals surface area contributed by atoms with E-state index in [1.54, 1.807) is 30.1 Å². The summed E-state index contributed by atoms with van der Waals surface area (Å²) in [6, 6.07) is 10.4. The average molecular weight is 450 g/mol. The summed E-state index contributed by atoms with van der Waals surface area (Å²) in [6.07, 6.45) is 0.999. The van der Waals surface area contributed by atoms with Crippen molar-refractivity contribution in [3.05, 3.63) is 68.7 Å². The van der Waals surface area contributed by atoms with Gasteiger partial charge in [0.25, 0.3) is 0 Å². The first-order valence-electron chi connectivity index (χ1n) is 9.76. The molecule has 0 bridgehead atoms. The number of carboxylic acids is 1. The molecule has 1 amide bonds. The van der Waals surface area contributed by atoms with Crippen LogP contribution < -0.4 is 0 Å². The van der Waals surface area contributed by atoms with Gasteiger partial charge in [-0.2, -0.15) is 0 Å². The molecule has 0 radical (unpaired) electrons. The van der Waals surface area contributed by atoms with Crippen molar-refractivity contribution < 1.29 is 19.4 Å². The molecule has 2 atom stereocenters. The lowest BCUT2D eigenvalue weighted by Crippen LogP contribution is -2.38. The molecule has 0 fully saturated rings. The number of carbonyl (C=O) groups is 2. The first-order valence-corrected chi connectivity index (χ1v) is 10.5. The summed E-state index contributed by atoms with van der Waals surface area (Å²) in [4.78, 5) is 25.8. The van der Waals surface area contributed by atoms with Gasteiger partial charge in [0.2, 0.25) is 0 Å². The van der Waals surface area contributed by atoms with Crippen LogP contribution in [0, 0.1) is 0 Å². The molecule has 0 saturated heterocycles. The van der Waals surface area contributed by atoms with Gasteiger partial charge in [-0.05, 0) is 74.6 Å². The smallest absolute Gasteiger partial charge is 0.410 e. The molecule has 0 aliphatic heterocycles. The molecule has 0 aromatic heterocycles. The second-order valence-electron chi connectivity index (χ2n) is 8.56. The van der Waals surface area contributed by atoms with Gasteiger partial charge in [0.15, 0.2) is 0 Å². The van der Waals surface area contributed by atoms with Crippen LogP contribution in [-0.2, 0) is 4.74 Å². The molecule has 1 aliphatic carbocycles. The summed E-state index contributed by atoms with van der Waals surface area (Å²) in [5.74, 6) is -0.978. The molecule has 30 heavy (non-hydrogen) atoms. The first-order chi connectivity index (χ1) is 14.0. The highest BCUT2D eigenvalue weighted by Gasteiger charge is 2.34. The van der Waals surface area contributed by atoms with E-state index in [0.29, 0.717) is 16.5 Å². The topological polar surface area (TPSA) is 66.8 Å². The SMILES string of the molecule is CN(C(=O)OC(C)(C)C)[C@H]1CC[C@@H](c2ccc(Cl)c(Cl)c2)c2ccc(C(=O)O)cc21. The van der Waals surface area contributed by atoms with Crippen molar-refractivity contribution in [3.8, 4) is 0 Å². The fourth-order valence-corrected chi connectivity index (χ4v) is 4.19. The van der Waals surface area contributed by atoms with Crippen molar-refractivity contribution in [2.24, 2.45) is 0 Å². The molecular weight excluding hydrogens is 425 g/mol. The van der Waals surface area contributed by atoms with Crippen molar-refractivity contribution >= 4 is 35.3 Å². The highest BCUT2D eigenvalue weighted by atomic mass is 35.5. The lowest BCUT2D eigenvalue weighted by atomic mass is 9.76. The van der Waals surface area contributed by atoms with Crippen LogP contribution in [0.4, 0.5) is 4.79 Å². The van der Waals surface area contributed by atoms with E-state index >= 15 is 0 Å². The van der Waals surface area contributed by atoms with Gasteiger partial charge in [-0.15, -0.1) is 0 Å². The number of fused-ring (bicyclic) bond motifs is 1. The lowest BCUT2D eigenvalue weighted by molar-refractivity contribution is 0.0202. The van der Waals surface area contributed by atoms with E-state index in [0.717, 1.165) is 23.1 Å². The zero-order valence-electron chi connectivity index (χ0n) is 17.4. The summed E-state index contributed by atoms with van der Waals surface area (Å²) in [5, 5.41) is 10.4. The van der Waals surface area contributed by atoms with Gasteiger partial charge in [0.05, 0.1) is 21.7 Å². The normalized spacial score (nSPS) is 18.5. The number of hydrogen-bond acceptors (Lipinski definition) is 3. The lowest BCUT2D eigenvalue weighted by Gasteiger charge is -2.37. The molecule has 1 aliphatic rings. The molecule has 3 rings (SSSR count). The molecular formula is C23H25Cl2NO4. The van der Waals surface area contributed by atoms with Gasteiger partial charge in [-0.1, -0.05) is 35.3 Å². The van der Waals surface area contributed by atoms with E-state index < -0.39 is 17.7 Å². The number of benzene rings is 2. The van der Waals surface area contributed by atoms with Gasteiger partial charge in [0, 0.05) is 13.0 Å². The van der Waals surface area contributed by atoms with Crippen LogP contribution in [-0.4, -0.2) is 34.7 Å². The van der Waals surface area contributed by atoms with Crippen LogP contribution in [0.1, 0.15) is 72.6 Å². The molecule has 0 heterocycles. The minimum absolute atomic E-state index is 0.0286. The largest absolute Gasteiger partial charge is 0.478 e. The Balaban J connectivity index is 2.03. The van der Waals surface area contributed by atoms with Crippen LogP contribution in [0.15, 0.2) is 36.4 Å². The van der Waals surface area contributed by atoms with E-state index in [2.05, 4.69) is 0 Å². The maximum atomic E-state index is 12.7. The van der Waals surface area contributed by atoms with Crippen LogP contribution in [0.3, 0.4) is 0 Å². The average Bonchev–Trinajstić information content (AvgIpc) is 2.67. The molecule has 1 N–H and O–H groups in total. The third kappa shape index (κ3) is 4.73. The maximum Gasteiger partial charge on any atom is 0.410 e. The molecule has 2 aromatic rings. The number of amides is 1. The number of aromatic carboxylic acids is 1. The quantitative estimate of drug-likeness (QED) is 0.578. The standard InChI is InChI=1S/C23H25Cl2NO4/c1-23(2,3)30-22(29)26(4)20-10-8-15(13-6-9-18(24)19(25)12-13)16-7-5-14(21(27)28)11-17(16)20/h5-7,9,11-12,15,20H,8,10H2,1-4H3,(H,27,28)/t15-,20-/m0/s1. The van der Waals surface area contributed by atoms with Crippen molar-refractivity contribution in [2.45, 2.75) is 51.2 Å². The van der Waals surface area contributed by atoms with Gasteiger partial charge in [-0.3, -0.25) is 0 Å². The van der Waals surface area contributed by atoms with Crippen molar-refractivity contribution in [1.29, 1.82) is 0 Å². The van der Waals surface area contributed by atoms with Crippen LogP contribution in [0.25, 0.3) is 0 Å². The third-order valence-corrected chi connectivity index (χ3v) is 6.03. The molecule has 2 aromatic carbocycles. The number of rotatable bonds is 3. The predicted octanol–water partition coefficient (Wildman–Crippen LogP) is 6.53. The summed E-state index contributed by atoms with van der Waals surface area (Å²) in [7, 11) is 1.69. The van der Waals surface area contributed by atoms with E-state index in [1.165, 1.54) is 0 Å². The second kappa shape index (κ2) is 8.48. The van der Waals surface area contributed by atoms with E-state index in [1.807, 2.05) is 39.0 Å². The number of halogens is 2. The molecule has 0 unspecified atom stereocenters. The Labute approximate surface area is 186 Å². The van der Waals surface area contributed by atoms with E-state index in [-0.39, 0.29) is 17.5 Å². The summed E-state index contributed by atoms with van der Waals surface area (Å²) >= 11 is 12.3. The molecule has 5 nitrogen and oxygen atoms in total. The third-order valence-electron chi connectivity index (χ3n) is 5.29. The number of carboxylic acid groups (broad SMARTS) is 1. The first kappa shape index (κ1) is 22.4. The fraction of sp³-hybridized carbons (Fsp3) is 0.391. The van der Waals surface area contributed by atoms with Crippen molar-refractivity contribution in [2.75, 3.05) is 7.05 Å². The maximum absolute atomic E-state index is 12.7. The van der Waals surface area contributed by atoms with Gasteiger partial charge in [0.1, 0.15) is 5.60 Å². The Hall–Kier alpha value is -2.24. The second-order valence-corrected chi connectivity index (χ2v) is 9.37. The van der Waals surface area contributed by atoms with E-state index in [4.69, 9.17) is 27.9 Å². The van der Waals surface area contributed by atoms with Crippen LogP contribution in [0.5, 0.6) is 0 Å². The molecule has 0 spiro atoms. The molecule has 7 heteroatoms. The number of ether oxygens (including phenoxy) is 1. The Morgan fingerprint density at radius 3 is 2.33 bits per heavy atom. The van der Waals surface area contributed by atoms with Crippen molar-refractivity contribution in [1.82, 2.24) is 4.90 Å². The minimum atomic E-state index is -1.01. The zero-order chi connectivity index (χ0) is 22.2. The number of carbonyl (C=O) groups excluding carboxylic acids is 1. The molecule has 160 valence electrons. The van der Waals surface area contributed by atoms with Gasteiger partial charge < -0.3 is 14.7 Å². The van der Waals surface area contributed by atoms with Gasteiger partial charge in [-0.25, -0.2) is 9.59 Å². The highest BCUT2D eigenvalue weighted by molar-refractivity contribution is 6.42. The van der Waals surface area contributed by atoms with Crippen LogP contribution >= 0.6 is 23.2 Å². The number of nitrogens with zero attached hydrogens (tertiary/aromatic N) is 1. The van der Waals surface area contributed by atoms with Crippen molar-refractivity contribution in [3.63, 3.8) is 0 Å². The zero-order valence-corrected chi connectivity index (χ0v) is 18.9. The van der Waals surface area contributed by atoms with Gasteiger partial charge >= 0.3 is 12.1 Å². The van der Waals surface area contributed by atoms with Crippen LogP contribution in [0.2, 0.25) is 10.0 Å². The van der Waals surface area contributed by atoms with E-state index in [9.17, 15) is 14.7 Å². The number of hydrogen-bond donors (Lipinski definition) is 1. The Kier molecular flexibility index (Phi) is 6.34. The Bertz CT molecular complexity index is 984. The summed E-state index contributed by atoms with van der Waals surface area (Å²) < 4.78 is 5.52. The summed E-state index contributed by atoms with van der Waals surface area (Å²) in [5.41, 5.74) is 2.36. The predicted molar refractivity (Wildman–Crippen MR) is 118 cm³/mol. The molecule has 0 saturated carbocycles. The Morgan fingerprint density at radius 1 is 1.03 bits per heavy atom. The monoisotopic (exact) mass is 449 g/mol.